The maximum atomic E-state index is 10.2. The number of nitrogens with zero attached hydrogens (tertiary/aromatic N) is 4. The van der Waals surface area contributed by atoms with Crippen molar-refractivity contribution in [1.29, 1.82) is 0 Å². The minimum absolute atomic E-state index is 0.0405. The van der Waals surface area contributed by atoms with Crippen molar-refractivity contribution < 1.29 is 14.3 Å². The molecule has 0 aromatic carbocycles. The SMILES string of the molecule is CCNC(=NCC(O)c1ccco1)N1CCOC(c2cnn(C)c2)C1. The lowest BCUT2D eigenvalue weighted by molar-refractivity contribution is -0.00812. The number of hydrogen-bond donors (Lipinski definition) is 2. The number of guanidine groups is 1. The molecule has 1 aliphatic heterocycles. The molecule has 1 saturated heterocycles. The average molecular weight is 347 g/mol. The van der Waals surface area contributed by atoms with E-state index in [0.717, 1.165) is 24.6 Å². The number of aliphatic hydroxyl groups excluding tert-OH is 1. The van der Waals surface area contributed by atoms with E-state index in [1.165, 1.54) is 0 Å². The molecule has 0 spiro atoms. The molecule has 1 aliphatic rings. The second-order valence-corrected chi connectivity index (χ2v) is 5.98. The van der Waals surface area contributed by atoms with E-state index < -0.39 is 6.10 Å². The van der Waals surface area contributed by atoms with Crippen molar-refractivity contribution in [1.82, 2.24) is 20.0 Å². The zero-order valence-electron chi connectivity index (χ0n) is 14.6. The van der Waals surface area contributed by atoms with Crippen molar-refractivity contribution in [3.05, 3.63) is 42.1 Å². The fraction of sp³-hybridized carbons (Fsp3) is 0.529. The van der Waals surface area contributed by atoms with E-state index in [1.54, 1.807) is 23.1 Å². The van der Waals surface area contributed by atoms with Crippen molar-refractivity contribution in [3.8, 4) is 0 Å². The van der Waals surface area contributed by atoms with Gasteiger partial charge in [-0.15, -0.1) is 0 Å². The zero-order valence-corrected chi connectivity index (χ0v) is 14.6. The van der Waals surface area contributed by atoms with Crippen molar-refractivity contribution in [2.24, 2.45) is 12.0 Å². The Balaban J connectivity index is 1.67. The Morgan fingerprint density at radius 1 is 1.56 bits per heavy atom. The summed E-state index contributed by atoms with van der Waals surface area (Å²) in [5.74, 6) is 1.29. The summed E-state index contributed by atoms with van der Waals surface area (Å²) in [5, 5.41) is 17.7. The Bertz CT molecular complexity index is 682. The van der Waals surface area contributed by atoms with Gasteiger partial charge in [-0.25, -0.2) is 4.99 Å². The normalized spacial score (nSPS) is 19.9. The van der Waals surface area contributed by atoms with Crippen LogP contribution in [0.3, 0.4) is 0 Å². The summed E-state index contributed by atoms with van der Waals surface area (Å²) >= 11 is 0. The smallest absolute Gasteiger partial charge is 0.194 e. The molecule has 3 heterocycles. The van der Waals surface area contributed by atoms with Gasteiger partial charge in [0.15, 0.2) is 5.96 Å². The molecule has 1 fully saturated rings. The number of ether oxygens (including phenoxy) is 1. The monoisotopic (exact) mass is 347 g/mol. The van der Waals surface area contributed by atoms with Crippen LogP contribution in [0.25, 0.3) is 0 Å². The molecule has 2 atom stereocenters. The van der Waals surface area contributed by atoms with Crippen LogP contribution >= 0.6 is 0 Å². The first-order chi connectivity index (χ1) is 12.2. The minimum Gasteiger partial charge on any atom is -0.467 e. The molecular formula is C17H25N5O3. The molecule has 25 heavy (non-hydrogen) atoms. The summed E-state index contributed by atoms with van der Waals surface area (Å²) in [5.41, 5.74) is 1.05. The van der Waals surface area contributed by atoms with Crippen LogP contribution in [0.1, 0.15) is 30.5 Å². The van der Waals surface area contributed by atoms with E-state index in [1.807, 2.05) is 26.4 Å². The van der Waals surface area contributed by atoms with Crippen molar-refractivity contribution in [2.75, 3.05) is 32.8 Å². The topological polar surface area (TPSA) is 88.1 Å². The Kier molecular flexibility index (Phi) is 5.72. The molecular weight excluding hydrogens is 322 g/mol. The predicted octanol–water partition coefficient (Wildman–Crippen LogP) is 1.09. The van der Waals surface area contributed by atoms with Crippen LogP contribution in [0.2, 0.25) is 0 Å². The lowest BCUT2D eigenvalue weighted by Gasteiger charge is -2.34. The number of hydrogen-bond acceptors (Lipinski definition) is 5. The first-order valence-corrected chi connectivity index (χ1v) is 8.52. The summed E-state index contributed by atoms with van der Waals surface area (Å²) in [6.45, 7) is 5.07. The number of nitrogens with one attached hydrogen (secondary N) is 1. The third-order valence-corrected chi connectivity index (χ3v) is 4.08. The number of morpholine rings is 1. The number of aryl methyl sites for hydroxylation is 1. The molecule has 0 radical (unpaired) electrons. The van der Waals surface area contributed by atoms with E-state index >= 15 is 0 Å². The van der Waals surface area contributed by atoms with Gasteiger partial charge < -0.3 is 24.5 Å². The van der Waals surface area contributed by atoms with Gasteiger partial charge in [-0.3, -0.25) is 4.68 Å². The second kappa shape index (κ2) is 8.17. The summed E-state index contributed by atoms with van der Waals surface area (Å²) in [6.07, 6.45) is 4.56. The third-order valence-electron chi connectivity index (χ3n) is 4.08. The molecule has 2 aromatic rings. The van der Waals surface area contributed by atoms with E-state index in [2.05, 4.69) is 20.3 Å². The standard InChI is InChI=1S/C17H25N5O3/c1-3-18-17(19-10-14(23)15-5-4-7-24-15)22-6-8-25-16(12-22)13-9-20-21(2)11-13/h4-5,7,9,11,14,16,23H,3,6,8,10,12H2,1-2H3,(H,18,19). The van der Waals surface area contributed by atoms with Crippen LogP contribution in [-0.4, -0.2) is 58.5 Å². The van der Waals surface area contributed by atoms with E-state index in [9.17, 15) is 5.11 Å². The van der Waals surface area contributed by atoms with Crippen LogP contribution in [0.15, 0.2) is 40.2 Å². The lowest BCUT2D eigenvalue weighted by atomic mass is 10.1. The van der Waals surface area contributed by atoms with Crippen LogP contribution in [0, 0.1) is 0 Å². The summed E-state index contributed by atoms with van der Waals surface area (Å²) in [4.78, 5) is 6.72. The van der Waals surface area contributed by atoms with Gasteiger partial charge in [-0.2, -0.15) is 5.10 Å². The van der Waals surface area contributed by atoms with Crippen molar-refractivity contribution in [2.45, 2.75) is 19.1 Å². The highest BCUT2D eigenvalue weighted by Gasteiger charge is 2.25. The zero-order chi connectivity index (χ0) is 17.6. The molecule has 0 aliphatic carbocycles. The van der Waals surface area contributed by atoms with Crippen molar-refractivity contribution in [3.63, 3.8) is 0 Å². The average Bonchev–Trinajstić information content (AvgIpc) is 3.30. The summed E-state index contributed by atoms with van der Waals surface area (Å²) < 4.78 is 12.9. The number of rotatable bonds is 5. The maximum absolute atomic E-state index is 10.2. The summed E-state index contributed by atoms with van der Waals surface area (Å²) in [6, 6.07) is 3.51. The fourth-order valence-corrected chi connectivity index (χ4v) is 2.82. The molecule has 2 unspecified atom stereocenters. The first kappa shape index (κ1) is 17.5. The van der Waals surface area contributed by atoms with Gasteiger partial charge in [0.25, 0.3) is 0 Å². The van der Waals surface area contributed by atoms with Gasteiger partial charge in [0, 0.05) is 31.9 Å². The molecule has 8 nitrogen and oxygen atoms in total. The minimum atomic E-state index is -0.751. The molecule has 8 heteroatoms. The highest BCUT2D eigenvalue weighted by atomic mass is 16.5. The molecule has 0 bridgehead atoms. The molecule has 0 amide bonds. The van der Waals surface area contributed by atoms with Gasteiger partial charge in [0.2, 0.25) is 0 Å². The molecule has 2 N–H and O–H groups in total. The molecule has 0 saturated carbocycles. The fourth-order valence-electron chi connectivity index (χ4n) is 2.82. The molecule has 136 valence electrons. The quantitative estimate of drug-likeness (QED) is 0.622. The number of aliphatic hydroxyl groups is 1. The van der Waals surface area contributed by atoms with Gasteiger partial charge in [0.05, 0.1) is 32.2 Å². The number of aromatic nitrogens is 2. The van der Waals surface area contributed by atoms with E-state index in [-0.39, 0.29) is 12.6 Å². The van der Waals surface area contributed by atoms with Crippen molar-refractivity contribution >= 4 is 5.96 Å². The number of furan rings is 1. The highest BCUT2D eigenvalue weighted by Crippen LogP contribution is 2.22. The Morgan fingerprint density at radius 2 is 2.44 bits per heavy atom. The Morgan fingerprint density at radius 3 is 3.12 bits per heavy atom. The largest absolute Gasteiger partial charge is 0.467 e. The first-order valence-electron chi connectivity index (χ1n) is 8.52. The van der Waals surface area contributed by atoms with Gasteiger partial charge >= 0.3 is 0 Å². The van der Waals surface area contributed by atoms with Gasteiger partial charge in [-0.05, 0) is 19.1 Å². The van der Waals surface area contributed by atoms with E-state index in [4.69, 9.17) is 9.15 Å². The van der Waals surface area contributed by atoms with Gasteiger partial charge in [0.1, 0.15) is 18.0 Å². The maximum Gasteiger partial charge on any atom is 0.194 e. The Labute approximate surface area is 147 Å². The molecule has 3 rings (SSSR count). The lowest BCUT2D eigenvalue weighted by Crippen LogP contribution is -2.48. The van der Waals surface area contributed by atoms with Crippen LogP contribution in [-0.2, 0) is 11.8 Å². The van der Waals surface area contributed by atoms with Crippen LogP contribution in [0.5, 0.6) is 0 Å². The van der Waals surface area contributed by atoms with E-state index in [0.29, 0.717) is 18.9 Å². The van der Waals surface area contributed by atoms with Crippen LogP contribution in [0.4, 0.5) is 0 Å². The van der Waals surface area contributed by atoms with Gasteiger partial charge in [-0.1, -0.05) is 0 Å². The predicted molar refractivity (Wildman–Crippen MR) is 93.1 cm³/mol. The second-order valence-electron chi connectivity index (χ2n) is 5.98. The number of aliphatic imine (C=N–C) groups is 1. The molecule has 2 aromatic heterocycles. The Hall–Kier alpha value is -2.32. The highest BCUT2D eigenvalue weighted by molar-refractivity contribution is 5.80. The third kappa shape index (κ3) is 4.40. The summed E-state index contributed by atoms with van der Waals surface area (Å²) in [7, 11) is 1.89. The van der Waals surface area contributed by atoms with Crippen LogP contribution < -0.4 is 5.32 Å².